The van der Waals surface area contributed by atoms with Crippen LogP contribution in [0.5, 0.6) is 0 Å². The summed E-state index contributed by atoms with van der Waals surface area (Å²) in [5, 5.41) is 9.53. The van der Waals surface area contributed by atoms with Crippen LogP contribution in [0.3, 0.4) is 0 Å². The molecule has 0 aliphatic heterocycles. The molecule has 0 aliphatic carbocycles. The Morgan fingerprint density at radius 1 is 1.36 bits per heavy atom. The highest BCUT2D eigenvalue weighted by Gasteiger charge is 2.18. The number of anilines is 3. The van der Waals surface area contributed by atoms with E-state index in [4.69, 9.17) is 11.5 Å². The van der Waals surface area contributed by atoms with Crippen molar-refractivity contribution in [2.24, 2.45) is 11.5 Å². The number of fused-ring (bicyclic) bond motifs is 1. The maximum Gasteiger partial charge on any atom is 0.271 e. The number of nitrogens with two attached hydrogens (primary N) is 2. The van der Waals surface area contributed by atoms with Gasteiger partial charge in [0.15, 0.2) is 11.5 Å². The summed E-state index contributed by atoms with van der Waals surface area (Å²) >= 11 is 2.76. The molecule has 0 radical (unpaired) electrons. The van der Waals surface area contributed by atoms with Crippen LogP contribution in [0.4, 0.5) is 16.6 Å². The Morgan fingerprint density at radius 3 is 2.84 bits per heavy atom. The van der Waals surface area contributed by atoms with Crippen LogP contribution in [-0.4, -0.2) is 32.2 Å². The van der Waals surface area contributed by atoms with E-state index >= 15 is 0 Å². The first-order valence-corrected chi connectivity index (χ1v) is 8.97. The van der Waals surface area contributed by atoms with Gasteiger partial charge in [-0.3, -0.25) is 9.59 Å². The van der Waals surface area contributed by atoms with Gasteiger partial charge >= 0.3 is 0 Å². The number of nitrogens with zero attached hydrogens (tertiary/aromatic N) is 3. The Balaban J connectivity index is 1.95. The molecule has 0 aliphatic rings. The van der Waals surface area contributed by atoms with Gasteiger partial charge in [-0.2, -0.15) is 4.37 Å². The van der Waals surface area contributed by atoms with Gasteiger partial charge in [0.2, 0.25) is 5.91 Å². The van der Waals surface area contributed by atoms with Crippen LogP contribution in [0.25, 0.3) is 10.2 Å². The number of hydrogen-bond acceptors (Lipinski definition) is 9. The average molecular weight is 377 g/mol. The molecule has 0 saturated heterocycles. The SMILES string of the molecule is CC[C@@H](Nc1cnc(C(N)=O)c(Nc2snc3sccc23)n1)C(N)=O. The smallest absolute Gasteiger partial charge is 0.271 e. The van der Waals surface area contributed by atoms with Crippen LogP contribution in [0.1, 0.15) is 23.8 Å². The number of primary amides is 2. The van der Waals surface area contributed by atoms with E-state index in [0.29, 0.717) is 12.2 Å². The van der Waals surface area contributed by atoms with Crippen molar-refractivity contribution in [1.29, 1.82) is 0 Å². The highest BCUT2D eigenvalue weighted by molar-refractivity contribution is 7.21. The van der Waals surface area contributed by atoms with Gasteiger partial charge in [0.25, 0.3) is 5.91 Å². The first kappa shape index (κ1) is 17.0. The molecule has 0 aromatic carbocycles. The predicted molar refractivity (Wildman–Crippen MR) is 98.2 cm³/mol. The third-order valence-electron chi connectivity index (χ3n) is 3.42. The van der Waals surface area contributed by atoms with Crippen molar-refractivity contribution in [2.75, 3.05) is 10.6 Å². The number of nitrogens with one attached hydrogen (secondary N) is 2. The summed E-state index contributed by atoms with van der Waals surface area (Å²) in [6.07, 6.45) is 1.82. The number of aromatic nitrogens is 3. The third kappa shape index (κ3) is 3.51. The Bertz CT molecular complexity index is 936. The molecular formula is C14H15N7O2S2. The minimum Gasteiger partial charge on any atom is -0.368 e. The molecule has 9 nitrogen and oxygen atoms in total. The van der Waals surface area contributed by atoms with E-state index in [1.165, 1.54) is 29.1 Å². The molecule has 3 rings (SSSR count). The van der Waals surface area contributed by atoms with Crippen molar-refractivity contribution in [2.45, 2.75) is 19.4 Å². The van der Waals surface area contributed by atoms with Crippen molar-refractivity contribution in [3.63, 3.8) is 0 Å². The molecule has 6 N–H and O–H groups in total. The summed E-state index contributed by atoms with van der Waals surface area (Å²) in [5.74, 6) is -0.715. The average Bonchev–Trinajstić information content (AvgIpc) is 3.17. The molecular weight excluding hydrogens is 362 g/mol. The molecule has 1 atom stereocenters. The van der Waals surface area contributed by atoms with Crippen LogP contribution >= 0.6 is 22.9 Å². The normalized spacial score (nSPS) is 12.0. The molecule has 0 saturated carbocycles. The van der Waals surface area contributed by atoms with Crippen LogP contribution in [0, 0.1) is 0 Å². The minimum absolute atomic E-state index is 0.00514. The Morgan fingerprint density at radius 2 is 2.16 bits per heavy atom. The monoisotopic (exact) mass is 377 g/mol. The lowest BCUT2D eigenvalue weighted by Crippen LogP contribution is -2.35. The van der Waals surface area contributed by atoms with Gasteiger partial charge in [-0.05, 0) is 29.4 Å². The maximum atomic E-state index is 11.6. The van der Waals surface area contributed by atoms with E-state index in [1.54, 1.807) is 0 Å². The molecule has 3 heterocycles. The maximum absolute atomic E-state index is 11.6. The lowest BCUT2D eigenvalue weighted by atomic mass is 10.2. The number of carbonyl (C=O) groups excluding carboxylic acids is 2. The minimum atomic E-state index is -0.713. The third-order valence-corrected chi connectivity index (χ3v) is 5.12. The van der Waals surface area contributed by atoms with E-state index in [0.717, 1.165) is 15.2 Å². The molecule has 11 heteroatoms. The highest BCUT2D eigenvalue weighted by atomic mass is 32.1. The van der Waals surface area contributed by atoms with Gasteiger partial charge in [-0.15, -0.1) is 11.3 Å². The summed E-state index contributed by atoms with van der Waals surface area (Å²) in [5.41, 5.74) is 10.7. The fourth-order valence-electron chi connectivity index (χ4n) is 2.16. The van der Waals surface area contributed by atoms with Gasteiger partial charge in [-0.1, -0.05) is 6.92 Å². The van der Waals surface area contributed by atoms with Gasteiger partial charge in [-0.25, -0.2) is 9.97 Å². The highest BCUT2D eigenvalue weighted by Crippen LogP contribution is 2.33. The first-order chi connectivity index (χ1) is 12.0. The van der Waals surface area contributed by atoms with Crippen molar-refractivity contribution in [3.05, 3.63) is 23.3 Å². The number of hydrogen-bond donors (Lipinski definition) is 4. The lowest BCUT2D eigenvalue weighted by molar-refractivity contribution is -0.118. The van der Waals surface area contributed by atoms with Crippen LogP contribution in [0.15, 0.2) is 17.6 Å². The lowest BCUT2D eigenvalue weighted by Gasteiger charge is -2.15. The van der Waals surface area contributed by atoms with E-state index in [-0.39, 0.29) is 11.5 Å². The van der Waals surface area contributed by atoms with Gasteiger partial charge < -0.3 is 22.1 Å². The Hall–Kier alpha value is -2.79. The predicted octanol–water partition coefficient (Wildman–Crippen LogP) is 1.67. The fourth-order valence-corrected chi connectivity index (χ4v) is 3.81. The second kappa shape index (κ2) is 6.99. The molecule has 0 fully saturated rings. The summed E-state index contributed by atoms with van der Waals surface area (Å²) in [7, 11) is 0. The van der Waals surface area contributed by atoms with Crippen LogP contribution in [0.2, 0.25) is 0 Å². The molecule has 25 heavy (non-hydrogen) atoms. The zero-order valence-electron chi connectivity index (χ0n) is 13.1. The summed E-state index contributed by atoms with van der Waals surface area (Å²) in [6, 6.07) is 1.33. The summed E-state index contributed by atoms with van der Waals surface area (Å²) in [6.45, 7) is 1.82. The molecule has 0 spiro atoms. The molecule has 130 valence electrons. The number of carbonyl (C=O) groups is 2. The second-order valence-electron chi connectivity index (χ2n) is 5.10. The number of rotatable bonds is 7. The van der Waals surface area contributed by atoms with Crippen molar-refractivity contribution in [3.8, 4) is 0 Å². The Kier molecular flexibility index (Phi) is 4.76. The van der Waals surface area contributed by atoms with E-state index < -0.39 is 17.9 Å². The quantitative estimate of drug-likeness (QED) is 0.489. The first-order valence-electron chi connectivity index (χ1n) is 7.32. The number of amides is 2. The van der Waals surface area contributed by atoms with Crippen molar-refractivity contribution in [1.82, 2.24) is 14.3 Å². The van der Waals surface area contributed by atoms with E-state index in [2.05, 4.69) is 25.0 Å². The molecule has 0 unspecified atom stereocenters. The van der Waals surface area contributed by atoms with Gasteiger partial charge in [0, 0.05) is 5.39 Å². The Labute approximate surface area is 150 Å². The second-order valence-corrected chi connectivity index (χ2v) is 6.77. The van der Waals surface area contributed by atoms with E-state index in [1.807, 2.05) is 18.4 Å². The molecule has 3 aromatic heterocycles. The van der Waals surface area contributed by atoms with E-state index in [9.17, 15) is 9.59 Å². The van der Waals surface area contributed by atoms with Crippen molar-refractivity contribution >= 4 is 61.5 Å². The molecule has 2 amide bonds. The van der Waals surface area contributed by atoms with Crippen LogP contribution < -0.4 is 22.1 Å². The molecule has 3 aromatic rings. The zero-order chi connectivity index (χ0) is 18.0. The van der Waals surface area contributed by atoms with Crippen molar-refractivity contribution < 1.29 is 9.59 Å². The summed E-state index contributed by atoms with van der Waals surface area (Å²) < 4.78 is 4.31. The topological polar surface area (TPSA) is 149 Å². The summed E-state index contributed by atoms with van der Waals surface area (Å²) in [4.78, 5) is 32.3. The zero-order valence-corrected chi connectivity index (χ0v) is 14.8. The van der Waals surface area contributed by atoms with Crippen LogP contribution in [-0.2, 0) is 4.79 Å². The number of thiophene rings is 1. The molecule has 0 bridgehead atoms. The van der Waals surface area contributed by atoms with Gasteiger partial charge in [0.1, 0.15) is 21.7 Å². The standard InChI is InChI=1S/C14H15N7O2S2/c1-2-7(10(15)22)18-8-5-17-9(11(16)23)12(19-8)20-13-6-3-4-24-14(6)21-25-13/h3-5,7H,2H2,1H3,(H2,15,22)(H2,16,23)(H2,18,19,20)/t7-/m1/s1. The van der Waals surface area contributed by atoms with Gasteiger partial charge in [0.05, 0.1) is 6.20 Å². The fraction of sp³-hybridized carbons (Fsp3) is 0.214. The largest absolute Gasteiger partial charge is 0.368 e.